The van der Waals surface area contributed by atoms with E-state index < -0.39 is 11.7 Å². The highest BCUT2D eigenvalue weighted by atomic mass is 16.6. The van der Waals surface area contributed by atoms with Crippen molar-refractivity contribution < 1.29 is 23.9 Å². The molecule has 1 aliphatic rings. The van der Waals surface area contributed by atoms with Crippen molar-refractivity contribution in [2.24, 2.45) is 0 Å². The van der Waals surface area contributed by atoms with Crippen LogP contribution in [0.15, 0.2) is 42.5 Å². The van der Waals surface area contributed by atoms with Crippen LogP contribution in [0.25, 0.3) is 0 Å². The number of nitrogens with zero attached hydrogens (tertiary/aromatic N) is 1. The maximum atomic E-state index is 12.6. The summed E-state index contributed by atoms with van der Waals surface area (Å²) in [6.45, 7) is 5.73. The van der Waals surface area contributed by atoms with E-state index in [0.29, 0.717) is 29.2 Å². The molecule has 0 saturated heterocycles. The quantitative estimate of drug-likeness (QED) is 0.801. The maximum absolute atomic E-state index is 12.6. The lowest BCUT2D eigenvalue weighted by atomic mass is 10.1. The van der Waals surface area contributed by atoms with Gasteiger partial charge in [0.25, 0.3) is 11.8 Å². The number of carbonyl (C=O) groups excluding carboxylic acids is 3. The monoisotopic (exact) mass is 411 g/mol. The number of rotatable bonds is 4. The Morgan fingerprint density at radius 1 is 1.20 bits per heavy atom. The molecule has 0 bridgehead atoms. The second-order valence-electron chi connectivity index (χ2n) is 8.04. The van der Waals surface area contributed by atoms with Gasteiger partial charge in [-0.2, -0.15) is 0 Å². The van der Waals surface area contributed by atoms with E-state index in [1.165, 1.54) is 4.90 Å². The van der Waals surface area contributed by atoms with Gasteiger partial charge in [0.1, 0.15) is 11.4 Å². The topological polar surface area (TPSA) is 97.0 Å². The first-order chi connectivity index (χ1) is 14.1. The summed E-state index contributed by atoms with van der Waals surface area (Å²) in [4.78, 5) is 37.7. The van der Waals surface area contributed by atoms with Gasteiger partial charge < -0.3 is 25.0 Å². The molecule has 1 aliphatic heterocycles. The van der Waals surface area contributed by atoms with Crippen LogP contribution in [0, 0.1) is 0 Å². The third-order valence-corrected chi connectivity index (χ3v) is 4.18. The Hall–Kier alpha value is -3.55. The van der Waals surface area contributed by atoms with Crippen molar-refractivity contribution >= 4 is 29.3 Å². The van der Waals surface area contributed by atoms with E-state index in [2.05, 4.69) is 10.6 Å². The highest BCUT2D eigenvalue weighted by Crippen LogP contribution is 2.28. The average Bonchev–Trinajstić information content (AvgIpc) is 2.66. The zero-order chi connectivity index (χ0) is 21.9. The van der Waals surface area contributed by atoms with Crippen LogP contribution in [0.2, 0.25) is 0 Å². The van der Waals surface area contributed by atoms with Crippen LogP contribution in [0.3, 0.4) is 0 Å². The van der Waals surface area contributed by atoms with Gasteiger partial charge in [-0.3, -0.25) is 9.59 Å². The summed E-state index contributed by atoms with van der Waals surface area (Å²) in [5.74, 6) is -0.0598. The molecule has 8 heteroatoms. The first-order valence-corrected chi connectivity index (χ1v) is 9.52. The predicted octanol–water partition coefficient (Wildman–Crippen LogP) is 3.64. The van der Waals surface area contributed by atoms with Crippen molar-refractivity contribution in [2.45, 2.75) is 32.9 Å². The molecule has 2 aromatic rings. The van der Waals surface area contributed by atoms with E-state index >= 15 is 0 Å². The first-order valence-electron chi connectivity index (χ1n) is 9.52. The highest BCUT2D eigenvalue weighted by Gasteiger charge is 2.20. The zero-order valence-corrected chi connectivity index (χ0v) is 17.4. The summed E-state index contributed by atoms with van der Waals surface area (Å²) in [7, 11) is 1.66. The molecule has 2 N–H and O–H groups in total. The van der Waals surface area contributed by atoms with E-state index in [1.54, 1.807) is 43.4 Å². The van der Waals surface area contributed by atoms with Crippen LogP contribution in [0.4, 0.5) is 16.2 Å². The van der Waals surface area contributed by atoms with E-state index in [4.69, 9.17) is 9.47 Å². The molecule has 0 fully saturated rings. The number of ether oxygens (including phenoxy) is 2. The van der Waals surface area contributed by atoms with Gasteiger partial charge in [0.15, 0.2) is 6.61 Å². The molecule has 0 radical (unpaired) electrons. The Bertz CT molecular complexity index is 981. The van der Waals surface area contributed by atoms with Crippen molar-refractivity contribution in [1.82, 2.24) is 4.90 Å². The molecule has 30 heavy (non-hydrogen) atoms. The van der Waals surface area contributed by atoms with E-state index in [0.717, 1.165) is 5.56 Å². The molecule has 2 aromatic carbocycles. The Balaban J connectivity index is 1.66. The number of hydrogen-bond donors (Lipinski definition) is 2. The van der Waals surface area contributed by atoms with Crippen LogP contribution in [0.5, 0.6) is 5.75 Å². The van der Waals surface area contributed by atoms with Crippen molar-refractivity contribution in [2.75, 3.05) is 24.3 Å². The predicted molar refractivity (Wildman–Crippen MR) is 113 cm³/mol. The van der Waals surface area contributed by atoms with Crippen LogP contribution >= 0.6 is 0 Å². The number of benzene rings is 2. The second kappa shape index (κ2) is 8.44. The number of anilines is 2. The van der Waals surface area contributed by atoms with Crippen molar-refractivity contribution in [3.05, 3.63) is 53.6 Å². The highest BCUT2D eigenvalue weighted by molar-refractivity contribution is 6.06. The zero-order valence-electron chi connectivity index (χ0n) is 17.4. The van der Waals surface area contributed by atoms with E-state index in [9.17, 15) is 14.4 Å². The molecule has 1 heterocycles. The molecule has 0 aromatic heterocycles. The Morgan fingerprint density at radius 3 is 2.70 bits per heavy atom. The molecule has 3 amide bonds. The van der Waals surface area contributed by atoms with E-state index in [-0.39, 0.29) is 18.4 Å². The smallest absolute Gasteiger partial charge is 0.410 e. The van der Waals surface area contributed by atoms with Crippen molar-refractivity contribution in [1.29, 1.82) is 0 Å². The molecule has 158 valence electrons. The van der Waals surface area contributed by atoms with Crippen molar-refractivity contribution in [3.63, 3.8) is 0 Å². The minimum atomic E-state index is -0.569. The number of carbonyl (C=O) groups is 3. The summed E-state index contributed by atoms with van der Waals surface area (Å²) < 4.78 is 10.7. The Morgan fingerprint density at radius 2 is 1.97 bits per heavy atom. The number of fused-ring (bicyclic) bond motifs is 1. The molecule has 0 unspecified atom stereocenters. The van der Waals surface area contributed by atoms with Gasteiger partial charge in [0.2, 0.25) is 0 Å². The summed E-state index contributed by atoms with van der Waals surface area (Å²) in [5, 5.41) is 5.51. The molecule has 0 atom stereocenters. The van der Waals surface area contributed by atoms with E-state index in [1.807, 2.05) is 26.8 Å². The van der Waals surface area contributed by atoms with Gasteiger partial charge in [-0.25, -0.2) is 4.79 Å². The van der Waals surface area contributed by atoms with Crippen molar-refractivity contribution in [3.8, 4) is 5.75 Å². The fourth-order valence-electron chi connectivity index (χ4n) is 2.85. The number of nitrogens with one attached hydrogen (secondary N) is 2. The molecule has 8 nitrogen and oxygen atoms in total. The van der Waals surface area contributed by atoms with Crippen LogP contribution in [-0.4, -0.2) is 42.1 Å². The Kier molecular flexibility index (Phi) is 5.96. The second-order valence-corrected chi connectivity index (χ2v) is 8.04. The summed E-state index contributed by atoms with van der Waals surface area (Å²) in [6.07, 6.45) is -0.421. The lowest BCUT2D eigenvalue weighted by Gasteiger charge is -2.24. The third-order valence-electron chi connectivity index (χ3n) is 4.18. The third kappa shape index (κ3) is 5.50. The fourth-order valence-corrected chi connectivity index (χ4v) is 2.85. The molecule has 0 aliphatic carbocycles. The Labute approximate surface area is 175 Å². The minimum absolute atomic E-state index is 0.0386. The first kappa shape index (κ1) is 21.2. The summed E-state index contributed by atoms with van der Waals surface area (Å²) >= 11 is 0. The molecular formula is C22H25N3O5. The van der Waals surface area contributed by atoms with Gasteiger partial charge in [0, 0.05) is 24.8 Å². The van der Waals surface area contributed by atoms with Gasteiger partial charge in [-0.05, 0) is 56.7 Å². The normalized spacial score (nSPS) is 12.9. The van der Waals surface area contributed by atoms with Gasteiger partial charge in [-0.1, -0.05) is 12.1 Å². The van der Waals surface area contributed by atoms with Gasteiger partial charge in [-0.15, -0.1) is 0 Å². The average molecular weight is 411 g/mol. The summed E-state index contributed by atoms with van der Waals surface area (Å²) in [6, 6.07) is 12.1. The number of amides is 3. The van der Waals surface area contributed by atoms with Gasteiger partial charge >= 0.3 is 6.09 Å². The fraction of sp³-hybridized carbons (Fsp3) is 0.318. The SMILES string of the molecule is CN(Cc1cccc(NC(=O)c2ccc3c(c2)NC(=O)CO3)c1)C(=O)OC(C)(C)C. The largest absolute Gasteiger partial charge is 0.482 e. The van der Waals surface area contributed by atoms with Crippen LogP contribution in [-0.2, 0) is 16.1 Å². The maximum Gasteiger partial charge on any atom is 0.410 e. The lowest BCUT2D eigenvalue weighted by molar-refractivity contribution is -0.118. The standard InChI is InChI=1S/C22H25N3O5/c1-22(2,3)30-21(28)25(4)12-14-6-5-7-16(10-14)23-20(27)15-8-9-18-17(11-15)24-19(26)13-29-18/h5-11H,12-13H2,1-4H3,(H,23,27)(H,24,26). The van der Waals surface area contributed by atoms with Crippen LogP contribution in [0.1, 0.15) is 36.7 Å². The summed E-state index contributed by atoms with van der Waals surface area (Å²) in [5.41, 5.74) is 1.71. The molecule has 0 spiro atoms. The van der Waals surface area contributed by atoms with Crippen LogP contribution < -0.4 is 15.4 Å². The lowest BCUT2D eigenvalue weighted by Crippen LogP contribution is -2.33. The molecule has 3 rings (SSSR count). The molecule has 0 saturated carbocycles. The number of hydrogen-bond acceptors (Lipinski definition) is 5. The molecular weight excluding hydrogens is 386 g/mol. The van der Waals surface area contributed by atoms with Gasteiger partial charge in [0.05, 0.1) is 5.69 Å². The minimum Gasteiger partial charge on any atom is -0.482 e.